The number of hydrogen-bond acceptors (Lipinski definition) is 6. The normalized spacial score (nSPS) is 12.8. The van der Waals surface area contributed by atoms with Crippen molar-refractivity contribution >= 4 is 21.7 Å². The highest BCUT2D eigenvalue weighted by Gasteiger charge is 2.19. The minimum Gasteiger partial charge on any atom is -0.478 e. The fourth-order valence-corrected chi connectivity index (χ4v) is 2.95. The zero-order valence-corrected chi connectivity index (χ0v) is 14.1. The highest BCUT2D eigenvalue weighted by molar-refractivity contribution is 7.89. The van der Waals surface area contributed by atoms with Gasteiger partial charge in [-0.1, -0.05) is 0 Å². The van der Waals surface area contributed by atoms with Crippen molar-refractivity contribution in [2.75, 3.05) is 39.3 Å². The first-order chi connectivity index (χ1) is 10.8. The molecule has 1 rings (SSSR count). The van der Waals surface area contributed by atoms with Crippen molar-refractivity contribution in [3.05, 3.63) is 23.8 Å². The van der Waals surface area contributed by atoms with Gasteiger partial charge in [-0.3, -0.25) is 0 Å². The van der Waals surface area contributed by atoms with Gasteiger partial charge >= 0.3 is 5.97 Å². The van der Waals surface area contributed by atoms with Gasteiger partial charge in [0, 0.05) is 32.5 Å². The van der Waals surface area contributed by atoms with Crippen molar-refractivity contribution in [2.45, 2.75) is 17.9 Å². The number of carboxylic acid groups (broad SMARTS) is 1. The average Bonchev–Trinajstić information content (AvgIpc) is 2.47. The number of carbonyl (C=O) groups is 1. The van der Waals surface area contributed by atoms with Crippen LogP contribution in [0.25, 0.3) is 0 Å². The number of methoxy groups -OCH3 is 2. The van der Waals surface area contributed by atoms with Crippen molar-refractivity contribution in [1.29, 1.82) is 0 Å². The molecule has 0 radical (unpaired) electrons. The van der Waals surface area contributed by atoms with E-state index in [1.54, 1.807) is 0 Å². The molecule has 0 aliphatic carbocycles. The number of anilines is 1. The Labute approximate surface area is 135 Å². The number of aromatic carboxylic acids is 1. The second-order valence-electron chi connectivity index (χ2n) is 4.90. The Morgan fingerprint density at radius 2 is 2.00 bits per heavy atom. The lowest BCUT2D eigenvalue weighted by Gasteiger charge is -2.17. The molecule has 0 aliphatic rings. The highest BCUT2D eigenvalue weighted by Crippen LogP contribution is 2.21. The molecular weight excluding hydrogens is 324 g/mol. The maximum Gasteiger partial charge on any atom is 0.337 e. The van der Waals surface area contributed by atoms with Crippen molar-refractivity contribution in [2.24, 2.45) is 0 Å². The van der Waals surface area contributed by atoms with Crippen molar-refractivity contribution in [3.63, 3.8) is 0 Å². The zero-order chi connectivity index (χ0) is 17.5. The number of ether oxygens (including phenoxy) is 2. The fourth-order valence-electron chi connectivity index (χ4n) is 1.91. The lowest BCUT2D eigenvalue weighted by molar-refractivity contribution is 0.0697. The summed E-state index contributed by atoms with van der Waals surface area (Å²) in [6.45, 7) is 2.54. The molecule has 0 aromatic heterocycles. The molecule has 0 spiro atoms. The number of benzene rings is 1. The van der Waals surface area contributed by atoms with Crippen LogP contribution in [0.5, 0.6) is 0 Å². The van der Waals surface area contributed by atoms with Gasteiger partial charge in [-0.25, -0.2) is 17.9 Å². The summed E-state index contributed by atoms with van der Waals surface area (Å²) in [5, 5.41) is 12.3. The molecule has 0 saturated carbocycles. The monoisotopic (exact) mass is 346 g/mol. The Morgan fingerprint density at radius 1 is 1.30 bits per heavy atom. The summed E-state index contributed by atoms with van der Waals surface area (Å²) in [5.41, 5.74) is 0.209. The molecule has 8 nitrogen and oxygen atoms in total. The van der Waals surface area contributed by atoms with Crippen molar-refractivity contribution < 1.29 is 27.8 Å². The molecule has 130 valence electrons. The number of nitrogens with one attached hydrogen (secondary N) is 2. The second-order valence-corrected chi connectivity index (χ2v) is 6.67. The average molecular weight is 346 g/mol. The molecule has 23 heavy (non-hydrogen) atoms. The lowest BCUT2D eigenvalue weighted by Crippen LogP contribution is -2.27. The van der Waals surface area contributed by atoms with E-state index in [4.69, 9.17) is 9.47 Å². The van der Waals surface area contributed by atoms with E-state index in [0.29, 0.717) is 12.3 Å². The van der Waals surface area contributed by atoms with Crippen LogP contribution in [-0.2, 0) is 19.5 Å². The minimum atomic E-state index is -3.79. The molecule has 3 N–H and O–H groups in total. The SMILES string of the molecule is COCCNS(=O)(=O)c1ccc(NC(C)COC)c(C(=O)O)c1. The summed E-state index contributed by atoms with van der Waals surface area (Å²) >= 11 is 0. The summed E-state index contributed by atoms with van der Waals surface area (Å²) in [6, 6.07) is 3.78. The molecule has 0 fully saturated rings. The van der Waals surface area contributed by atoms with E-state index in [9.17, 15) is 18.3 Å². The van der Waals surface area contributed by atoms with Crippen molar-refractivity contribution in [3.8, 4) is 0 Å². The van der Waals surface area contributed by atoms with Gasteiger partial charge in [0.05, 0.1) is 23.7 Å². The fraction of sp³-hybridized carbons (Fsp3) is 0.500. The van der Waals surface area contributed by atoms with Crippen LogP contribution in [0.2, 0.25) is 0 Å². The topological polar surface area (TPSA) is 114 Å². The molecule has 0 amide bonds. The largest absolute Gasteiger partial charge is 0.478 e. The first kappa shape index (κ1) is 19.4. The first-order valence-corrected chi connectivity index (χ1v) is 8.41. The minimum absolute atomic E-state index is 0.103. The van der Waals surface area contributed by atoms with E-state index < -0.39 is 16.0 Å². The summed E-state index contributed by atoms with van der Waals surface area (Å²) in [5.74, 6) is -1.22. The van der Waals surface area contributed by atoms with Gasteiger partial charge in [0.1, 0.15) is 0 Å². The van der Waals surface area contributed by atoms with Crippen molar-refractivity contribution in [1.82, 2.24) is 4.72 Å². The Bertz CT molecular complexity index is 632. The van der Waals surface area contributed by atoms with Crippen LogP contribution in [0.1, 0.15) is 17.3 Å². The Morgan fingerprint density at radius 3 is 2.57 bits per heavy atom. The first-order valence-electron chi connectivity index (χ1n) is 6.93. The molecule has 1 atom stereocenters. The molecule has 0 saturated heterocycles. The quantitative estimate of drug-likeness (QED) is 0.536. The Kier molecular flexibility index (Phi) is 7.43. The molecule has 0 bridgehead atoms. The number of sulfonamides is 1. The Balaban J connectivity index is 3.05. The molecule has 1 unspecified atom stereocenters. The van der Waals surface area contributed by atoms with Gasteiger partial charge in [0.2, 0.25) is 10.0 Å². The third-order valence-corrected chi connectivity index (χ3v) is 4.41. The van der Waals surface area contributed by atoms with Gasteiger partial charge in [-0.15, -0.1) is 0 Å². The predicted octanol–water partition coefficient (Wildman–Crippen LogP) is 0.756. The number of hydrogen-bond donors (Lipinski definition) is 3. The zero-order valence-electron chi connectivity index (χ0n) is 13.3. The molecule has 0 aliphatic heterocycles. The van der Waals surface area contributed by atoms with Crippen LogP contribution < -0.4 is 10.0 Å². The van der Waals surface area contributed by atoms with Gasteiger partial charge in [-0.2, -0.15) is 0 Å². The van der Waals surface area contributed by atoms with Gasteiger partial charge in [0.15, 0.2) is 0 Å². The van der Waals surface area contributed by atoms with Crippen LogP contribution in [0, 0.1) is 0 Å². The van der Waals surface area contributed by atoms with E-state index in [2.05, 4.69) is 10.0 Å². The summed E-state index contributed by atoms with van der Waals surface area (Å²) in [4.78, 5) is 11.3. The standard InChI is InChI=1S/C14H22N2O6S/c1-10(9-22-3)16-13-5-4-11(8-12(13)14(17)18)23(19,20)15-6-7-21-2/h4-5,8,10,15-16H,6-7,9H2,1-3H3,(H,17,18). The number of carboxylic acids is 1. The van der Waals surface area contributed by atoms with E-state index in [0.717, 1.165) is 6.07 Å². The maximum atomic E-state index is 12.1. The van der Waals surface area contributed by atoms with E-state index in [1.807, 2.05) is 6.92 Å². The van der Waals surface area contributed by atoms with E-state index >= 15 is 0 Å². The predicted molar refractivity (Wildman–Crippen MR) is 85.4 cm³/mol. The summed E-state index contributed by atoms with van der Waals surface area (Å²) < 4.78 is 36.3. The van der Waals surface area contributed by atoms with Gasteiger partial charge < -0.3 is 19.9 Å². The Hall–Kier alpha value is -1.68. The molecule has 0 heterocycles. The van der Waals surface area contributed by atoms with Crippen LogP contribution in [0.15, 0.2) is 23.1 Å². The lowest BCUT2D eigenvalue weighted by atomic mass is 10.1. The molecular formula is C14H22N2O6S. The third-order valence-electron chi connectivity index (χ3n) is 2.95. The van der Waals surface area contributed by atoms with Gasteiger partial charge in [0.25, 0.3) is 0 Å². The van der Waals surface area contributed by atoms with E-state index in [-0.39, 0.29) is 29.7 Å². The van der Waals surface area contributed by atoms with Crippen LogP contribution in [0.4, 0.5) is 5.69 Å². The second kappa shape index (κ2) is 8.82. The molecule has 1 aromatic carbocycles. The van der Waals surface area contributed by atoms with Crippen LogP contribution >= 0.6 is 0 Å². The van der Waals surface area contributed by atoms with Gasteiger partial charge in [-0.05, 0) is 25.1 Å². The smallest absolute Gasteiger partial charge is 0.337 e. The van der Waals surface area contributed by atoms with E-state index in [1.165, 1.54) is 26.4 Å². The summed E-state index contributed by atoms with van der Waals surface area (Å²) in [6.07, 6.45) is 0. The van der Waals surface area contributed by atoms with Crippen LogP contribution in [-0.4, -0.2) is 59.5 Å². The molecule has 1 aromatic rings. The maximum absolute atomic E-state index is 12.1. The summed E-state index contributed by atoms with van der Waals surface area (Å²) in [7, 11) is -0.794. The van der Waals surface area contributed by atoms with Crippen LogP contribution in [0.3, 0.4) is 0 Å². The molecule has 9 heteroatoms. The highest BCUT2D eigenvalue weighted by atomic mass is 32.2. The third kappa shape index (κ3) is 5.79. The number of rotatable bonds is 10.